The van der Waals surface area contributed by atoms with Gasteiger partial charge in [-0.2, -0.15) is 0 Å². The number of likely N-dealkylation sites (tertiary alicyclic amines) is 2. The molecule has 0 bridgehead atoms. The molecule has 0 aliphatic carbocycles. The number of aromatic amines is 2. The van der Waals surface area contributed by atoms with E-state index in [1.807, 2.05) is 70.2 Å². The Morgan fingerprint density at radius 3 is 1.67 bits per heavy atom. The average Bonchev–Trinajstić information content (AvgIpc) is 4.06. The zero-order chi connectivity index (χ0) is 40.4. The van der Waals surface area contributed by atoms with Crippen LogP contribution in [0.2, 0.25) is 0 Å². The Kier molecular flexibility index (Phi) is 11.4. The molecule has 7 rings (SSSR count). The SMILES string of the molecule is COC(=O)NC(C(=O)N1CCCC1c1ncc(-c2ccc(-c3cc4cc(-c5cnc(C6CCCN6C(=O)C(NC(=O)OC)C(C)C)[nH]5)ccc4o3)cc2)[nH]1)C(C)C. The molecule has 0 radical (unpaired) electrons. The molecular weight excluding hydrogens is 729 g/mol. The molecule has 2 aliphatic heterocycles. The van der Waals surface area contributed by atoms with Crippen LogP contribution in [-0.2, 0) is 19.1 Å². The molecule has 15 nitrogen and oxygen atoms in total. The summed E-state index contributed by atoms with van der Waals surface area (Å²) in [4.78, 5) is 70.9. The van der Waals surface area contributed by atoms with E-state index in [9.17, 15) is 19.2 Å². The Balaban J connectivity index is 1.03. The normalized spacial score (nSPS) is 18.0. The van der Waals surface area contributed by atoms with E-state index in [-0.39, 0.29) is 35.7 Å². The fraction of sp³-hybridized carbons (Fsp3) is 0.429. The van der Waals surface area contributed by atoms with Crippen LogP contribution in [0.15, 0.2) is 65.3 Å². The second kappa shape index (κ2) is 16.5. The Morgan fingerprint density at radius 1 is 0.702 bits per heavy atom. The molecule has 4 N–H and O–H groups in total. The molecule has 3 aromatic heterocycles. The van der Waals surface area contributed by atoms with Gasteiger partial charge in [0.05, 0.1) is 50.1 Å². The van der Waals surface area contributed by atoms with Crippen molar-refractivity contribution in [2.75, 3.05) is 27.3 Å². The Labute approximate surface area is 330 Å². The molecule has 4 unspecified atom stereocenters. The van der Waals surface area contributed by atoms with Crippen molar-refractivity contribution >= 4 is 35.0 Å². The van der Waals surface area contributed by atoms with E-state index in [1.165, 1.54) is 14.2 Å². The Hall–Kier alpha value is -6.12. The van der Waals surface area contributed by atoms with Crippen molar-refractivity contribution in [2.45, 2.75) is 77.5 Å². The van der Waals surface area contributed by atoms with Crippen molar-refractivity contribution in [3.8, 4) is 33.8 Å². The number of ether oxygens (including phenoxy) is 2. The number of nitrogens with zero attached hydrogens (tertiary/aromatic N) is 4. The summed E-state index contributed by atoms with van der Waals surface area (Å²) < 4.78 is 15.8. The van der Waals surface area contributed by atoms with E-state index in [0.29, 0.717) is 24.7 Å². The van der Waals surface area contributed by atoms with E-state index < -0.39 is 24.3 Å². The van der Waals surface area contributed by atoms with Crippen molar-refractivity contribution in [3.63, 3.8) is 0 Å². The summed E-state index contributed by atoms with van der Waals surface area (Å²) >= 11 is 0. The smallest absolute Gasteiger partial charge is 0.407 e. The van der Waals surface area contributed by atoms with Gasteiger partial charge in [0.1, 0.15) is 35.1 Å². The van der Waals surface area contributed by atoms with Gasteiger partial charge in [0.15, 0.2) is 0 Å². The first-order chi connectivity index (χ1) is 27.4. The number of imidazole rings is 2. The van der Waals surface area contributed by atoms with Gasteiger partial charge in [-0.1, -0.05) is 52.0 Å². The van der Waals surface area contributed by atoms with Gasteiger partial charge in [0.25, 0.3) is 0 Å². The van der Waals surface area contributed by atoms with Gasteiger partial charge in [-0.3, -0.25) is 9.59 Å². The maximum Gasteiger partial charge on any atom is 0.407 e. The lowest BCUT2D eigenvalue weighted by Crippen LogP contribution is -2.51. The number of carbonyl (C=O) groups is 4. The van der Waals surface area contributed by atoms with Crippen LogP contribution in [0.4, 0.5) is 9.59 Å². The summed E-state index contributed by atoms with van der Waals surface area (Å²) in [5, 5.41) is 6.32. The van der Waals surface area contributed by atoms with Crippen molar-refractivity contribution < 1.29 is 33.1 Å². The monoisotopic (exact) mass is 778 g/mol. The Morgan fingerprint density at radius 2 is 1.18 bits per heavy atom. The van der Waals surface area contributed by atoms with Gasteiger partial charge < -0.3 is 44.3 Å². The molecule has 2 saturated heterocycles. The maximum absolute atomic E-state index is 13.6. The minimum Gasteiger partial charge on any atom is -0.456 e. The van der Waals surface area contributed by atoms with Crippen LogP contribution >= 0.6 is 0 Å². The third kappa shape index (κ3) is 8.09. The Bertz CT molecular complexity index is 2240. The second-order valence-corrected chi connectivity index (χ2v) is 15.4. The maximum atomic E-state index is 13.6. The highest BCUT2D eigenvalue weighted by Gasteiger charge is 2.39. The summed E-state index contributed by atoms with van der Waals surface area (Å²) in [6.07, 6.45) is 5.53. The molecule has 2 aromatic carbocycles. The predicted octanol–water partition coefficient (Wildman–Crippen LogP) is 6.97. The molecule has 5 aromatic rings. The number of hydrogen-bond donors (Lipinski definition) is 4. The van der Waals surface area contributed by atoms with Gasteiger partial charge in [-0.25, -0.2) is 19.6 Å². The first-order valence-electron chi connectivity index (χ1n) is 19.5. The summed E-state index contributed by atoms with van der Waals surface area (Å²) in [5.74, 6) is 1.61. The van der Waals surface area contributed by atoms with Gasteiger partial charge in [0, 0.05) is 29.6 Å². The van der Waals surface area contributed by atoms with Crippen LogP contribution in [0.1, 0.15) is 77.1 Å². The number of benzene rings is 2. The quantitative estimate of drug-likeness (QED) is 0.110. The fourth-order valence-corrected chi connectivity index (χ4v) is 7.86. The number of methoxy groups -OCH3 is 2. The van der Waals surface area contributed by atoms with Crippen LogP contribution in [0.25, 0.3) is 44.8 Å². The second-order valence-electron chi connectivity index (χ2n) is 15.4. The molecule has 5 heterocycles. The molecule has 2 fully saturated rings. The number of aromatic nitrogens is 4. The van der Waals surface area contributed by atoms with E-state index in [2.05, 4.69) is 36.6 Å². The first kappa shape index (κ1) is 39.1. The van der Waals surface area contributed by atoms with Crippen molar-refractivity contribution in [2.24, 2.45) is 11.8 Å². The zero-order valence-electron chi connectivity index (χ0n) is 33.1. The van der Waals surface area contributed by atoms with Crippen LogP contribution in [-0.4, -0.2) is 93.1 Å². The molecule has 15 heteroatoms. The highest BCUT2D eigenvalue weighted by Crippen LogP contribution is 2.36. The number of fused-ring (bicyclic) bond motifs is 1. The summed E-state index contributed by atoms with van der Waals surface area (Å²) in [6, 6.07) is 14.2. The molecule has 0 saturated carbocycles. The summed E-state index contributed by atoms with van der Waals surface area (Å²) in [5.41, 5.74) is 5.20. The van der Waals surface area contributed by atoms with Crippen LogP contribution in [0.5, 0.6) is 0 Å². The lowest BCUT2D eigenvalue weighted by molar-refractivity contribution is -0.136. The third-order valence-corrected chi connectivity index (χ3v) is 11.0. The van der Waals surface area contributed by atoms with E-state index in [4.69, 9.17) is 13.9 Å². The number of alkyl carbamates (subject to hydrolysis) is 2. The molecule has 4 amide bonds. The number of nitrogens with one attached hydrogen (secondary N) is 4. The van der Waals surface area contributed by atoms with Gasteiger partial charge in [-0.05, 0) is 67.3 Å². The largest absolute Gasteiger partial charge is 0.456 e. The van der Waals surface area contributed by atoms with E-state index in [1.54, 1.807) is 22.2 Å². The lowest BCUT2D eigenvalue weighted by atomic mass is 10.0. The molecule has 300 valence electrons. The number of amides is 4. The predicted molar refractivity (Wildman–Crippen MR) is 213 cm³/mol. The molecule has 57 heavy (non-hydrogen) atoms. The van der Waals surface area contributed by atoms with Crippen molar-refractivity contribution in [1.29, 1.82) is 0 Å². The fourth-order valence-electron chi connectivity index (χ4n) is 7.86. The van der Waals surface area contributed by atoms with Crippen molar-refractivity contribution in [3.05, 3.63) is 72.6 Å². The molecule has 4 atom stereocenters. The number of carbonyl (C=O) groups excluding carboxylic acids is 4. The lowest BCUT2D eigenvalue weighted by Gasteiger charge is -2.30. The summed E-state index contributed by atoms with van der Waals surface area (Å²) in [7, 11) is 2.57. The van der Waals surface area contributed by atoms with Crippen molar-refractivity contribution in [1.82, 2.24) is 40.4 Å². The number of hydrogen-bond acceptors (Lipinski definition) is 9. The molecular formula is C42H50N8O7. The van der Waals surface area contributed by atoms with E-state index in [0.717, 1.165) is 70.5 Å². The molecule has 0 spiro atoms. The minimum atomic E-state index is -0.700. The zero-order valence-corrected chi connectivity index (χ0v) is 33.1. The number of furan rings is 1. The van der Waals surface area contributed by atoms with Gasteiger partial charge in [0.2, 0.25) is 11.8 Å². The average molecular weight is 779 g/mol. The number of H-pyrrole nitrogens is 2. The van der Waals surface area contributed by atoms with Gasteiger partial charge in [-0.15, -0.1) is 0 Å². The summed E-state index contributed by atoms with van der Waals surface area (Å²) in [6.45, 7) is 8.75. The first-order valence-corrected chi connectivity index (χ1v) is 19.5. The minimum absolute atomic E-state index is 0.113. The van der Waals surface area contributed by atoms with E-state index >= 15 is 0 Å². The third-order valence-electron chi connectivity index (χ3n) is 11.0. The molecule has 2 aliphatic rings. The van der Waals surface area contributed by atoms with Gasteiger partial charge >= 0.3 is 12.2 Å². The standard InChI is InChI=1S/C42H50N8O7/c1-23(2)35(47-41(53)55-5)39(51)49-17-7-9-31(49)37-43-21-29(45-37)25-11-13-26(14-12-25)34-20-28-19-27(15-16-33(28)57-34)30-22-44-38(46-30)32-10-8-18-50(32)40(52)36(24(3)4)48-42(54)56-6/h11-16,19-24,31-32,35-36H,7-10,17-18H2,1-6H3,(H,43,45)(H,44,46)(H,47,53)(H,48,54). The highest BCUT2D eigenvalue weighted by molar-refractivity contribution is 5.88. The number of rotatable bonds is 11. The topological polar surface area (TPSA) is 188 Å². The van der Waals surface area contributed by atoms with Crippen LogP contribution in [0, 0.1) is 11.8 Å². The van der Waals surface area contributed by atoms with Crippen LogP contribution < -0.4 is 10.6 Å². The van der Waals surface area contributed by atoms with Crippen LogP contribution in [0.3, 0.4) is 0 Å². The highest BCUT2D eigenvalue weighted by atomic mass is 16.5.